The summed E-state index contributed by atoms with van der Waals surface area (Å²) >= 11 is 0. The Hall–Kier alpha value is 0.314. The monoisotopic (exact) mass is 331 g/mol. The summed E-state index contributed by atoms with van der Waals surface area (Å²) in [6.07, 6.45) is 0. The van der Waals surface area contributed by atoms with Crippen LogP contribution in [0.4, 0.5) is 0 Å². The topological polar surface area (TPSA) is 9.72 Å². The predicted octanol–water partition coefficient (Wildman–Crippen LogP) is 4.03. The molecule has 0 aromatic rings. The van der Waals surface area contributed by atoms with Gasteiger partial charge in [0.15, 0.2) is 16.8 Å². The highest BCUT2D eigenvalue weighted by Crippen LogP contribution is 2.34. The van der Waals surface area contributed by atoms with Gasteiger partial charge in [-0.05, 0) is 64.8 Å². The zero-order valence-electron chi connectivity index (χ0n) is 16.5. The van der Waals surface area contributed by atoms with Crippen molar-refractivity contribution < 1.29 is 0 Å². The summed E-state index contributed by atoms with van der Waals surface area (Å²) in [5.41, 5.74) is 0. The number of rotatable bonds is 10. The van der Waals surface area contributed by atoms with E-state index in [-0.39, 0.29) is 0 Å². The Balaban J connectivity index is 6.05. The van der Waals surface area contributed by atoms with Crippen LogP contribution in [-0.4, -0.2) is 64.9 Å². The fraction of sp³-hybridized carbons (Fsp3) is 1.00. The van der Waals surface area contributed by atoms with Crippen molar-refractivity contribution in [2.75, 3.05) is 34.7 Å². The molecule has 0 atom stereocenters. The standard InChI is InChI=1S/C16H41N3Si2/c1-11-20(12-2,17(7)8)19(15-16(5)6)21(13-3,14-4)18(9)10/h16H,11-15H2,1-10H3. The van der Waals surface area contributed by atoms with Crippen LogP contribution in [0.1, 0.15) is 41.5 Å². The molecule has 0 heterocycles. The van der Waals surface area contributed by atoms with Gasteiger partial charge >= 0.3 is 0 Å². The number of hydrogen-bond acceptors (Lipinski definition) is 3. The second-order valence-corrected chi connectivity index (χ2v) is 17.2. The first-order valence-electron chi connectivity index (χ1n) is 8.81. The maximum atomic E-state index is 3.07. The van der Waals surface area contributed by atoms with Crippen molar-refractivity contribution in [2.24, 2.45) is 5.92 Å². The smallest absolute Gasteiger partial charge is 0.200 e. The molecule has 0 aromatic carbocycles. The van der Waals surface area contributed by atoms with E-state index in [4.69, 9.17) is 0 Å². The van der Waals surface area contributed by atoms with Gasteiger partial charge in [0.25, 0.3) is 0 Å². The van der Waals surface area contributed by atoms with E-state index in [9.17, 15) is 0 Å². The maximum absolute atomic E-state index is 3.07. The lowest BCUT2D eigenvalue weighted by Gasteiger charge is -2.57. The van der Waals surface area contributed by atoms with Crippen LogP contribution in [0.2, 0.25) is 24.2 Å². The molecule has 0 unspecified atom stereocenters. The summed E-state index contributed by atoms with van der Waals surface area (Å²) in [5.74, 6) is 0.736. The predicted molar refractivity (Wildman–Crippen MR) is 102 cm³/mol. The van der Waals surface area contributed by atoms with Crippen molar-refractivity contribution in [1.82, 2.24) is 13.4 Å². The molecular formula is C16H41N3Si2. The molecule has 0 aliphatic rings. The molecule has 0 amide bonds. The first-order valence-corrected chi connectivity index (χ1v) is 13.4. The first kappa shape index (κ1) is 21.3. The van der Waals surface area contributed by atoms with Crippen molar-refractivity contribution in [3.63, 3.8) is 0 Å². The van der Waals surface area contributed by atoms with Gasteiger partial charge in [-0.2, -0.15) is 0 Å². The average molecular weight is 332 g/mol. The summed E-state index contributed by atoms with van der Waals surface area (Å²) in [5, 5.41) is 0. The molecular weight excluding hydrogens is 290 g/mol. The van der Waals surface area contributed by atoms with Crippen LogP contribution in [0.3, 0.4) is 0 Å². The SMILES string of the molecule is CC[Si](CC)(N(C)C)N(CC(C)C)[Si](CC)(CC)N(C)C. The van der Waals surface area contributed by atoms with Crippen molar-refractivity contribution >= 4 is 16.8 Å². The molecule has 0 rings (SSSR count). The number of nitrogens with zero attached hydrogens (tertiary/aromatic N) is 3. The zero-order chi connectivity index (χ0) is 16.8. The Bertz CT molecular complexity index is 261. The van der Waals surface area contributed by atoms with E-state index >= 15 is 0 Å². The summed E-state index contributed by atoms with van der Waals surface area (Å²) < 4.78 is 8.31. The van der Waals surface area contributed by atoms with Crippen LogP contribution >= 0.6 is 0 Å². The van der Waals surface area contributed by atoms with Crippen LogP contribution in [-0.2, 0) is 0 Å². The van der Waals surface area contributed by atoms with Crippen molar-refractivity contribution in [2.45, 2.75) is 65.7 Å². The third-order valence-corrected chi connectivity index (χ3v) is 18.2. The van der Waals surface area contributed by atoms with Gasteiger partial charge in [0.1, 0.15) is 0 Å². The molecule has 128 valence electrons. The molecule has 0 aliphatic heterocycles. The van der Waals surface area contributed by atoms with Gasteiger partial charge in [0.05, 0.1) is 0 Å². The fourth-order valence-corrected chi connectivity index (χ4v) is 17.7. The van der Waals surface area contributed by atoms with E-state index in [0.29, 0.717) is 0 Å². The van der Waals surface area contributed by atoms with E-state index in [2.05, 4.69) is 83.1 Å². The van der Waals surface area contributed by atoms with Gasteiger partial charge in [-0.25, -0.2) is 0 Å². The molecule has 0 saturated heterocycles. The highest BCUT2D eigenvalue weighted by Gasteiger charge is 2.51. The molecule has 0 bridgehead atoms. The molecule has 0 aromatic heterocycles. The second-order valence-electron chi connectivity index (χ2n) is 7.17. The number of hydrogen-bond donors (Lipinski definition) is 0. The third-order valence-electron chi connectivity index (χ3n) is 5.48. The summed E-state index contributed by atoms with van der Waals surface area (Å²) in [7, 11) is 6.17. The Morgan fingerprint density at radius 2 is 0.952 bits per heavy atom. The Morgan fingerprint density at radius 1 is 0.667 bits per heavy atom. The minimum atomic E-state index is -1.57. The molecule has 0 saturated carbocycles. The van der Waals surface area contributed by atoms with E-state index in [1.807, 2.05) is 0 Å². The third kappa shape index (κ3) is 4.19. The molecule has 3 nitrogen and oxygen atoms in total. The molecule has 21 heavy (non-hydrogen) atoms. The molecule has 0 radical (unpaired) electrons. The van der Waals surface area contributed by atoms with Gasteiger partial charge < -0.3 is 13.4 Å². The van der Waals surface area contributed by atoms with Crippen LogP contribution in [0.15, 0.2) is 0 Å². The van der Waals surface area contributed by atoms with Gasteiger partial charge in [-0.1, -0.05) is 41.5 Å². The minimum Gasteiger partial charge on any atom is -0.321 e. The van der Waals surface area contributed by atoms with Crippen molar-refractivity contribution in [3.8, 4) is 0 Å². The highest BCUT2D eigenvalue weighted by molar-refractivity contribution is 6.90. The van der Waals surface area contributed by atoms with Crippen LogP contribution < -0.4 is 0 Å². The minimum absolute atomic E-state index is 0.736. The molecule has 5 heteroatoms. The maximum Gasteiger partial charge on any atom is 0.200 e. The first-order chi connectivity index (χ1) is 9.68. The normalized spacial score (nSPS) is 14.0. The Morgan fingerprint density at radius 3 is 1.10 bits per heavy atom. The molecule has 0 N–H and O–H groups in total. The van der Waals surface area contributed by atoms with Crippen molar-refractivity contribution in [3.05, 3.63) is 0 Å². The quantitative estimate of drug-likeness (QED) is 0.560. The Kier molecular flexibility index (Phi) is 8.95. The zero-order valence-corrected chi connectivity index (χ0v) is 18.5. The molecule has 0 aliphatic carbocycles. The Labute approximate surface area is 137 Å². The molecule has 0 spiro atoms. The highest BCUT2D eigenvalue weighted by atomic mass is 28.4. The van der Waals surface area contributed by atoms with E-state index in [1.54, 1.807) is 0 Å². The summed E-state index contributed by atoms with van der Waals surface area (Å²) in [4.78, 5) is 0. The van der Waals surface area contributed by atoms with E-state index < -0.39 is 16.8 Å². The summed E-state index contributed by atoms with van der Waals surface area (Å²) in [6, 6.07) is 5.30. The summed E-state index contributed by atoms with van der Waals surface area (Å²) in [6.45, 7) is 15.7. The van der Waals surface area contributed by atoms with Gasteiger partial charge in [-0.3, -0.25) is 0 Å². The van der Waals surface area contributed by atoms with Crippen LogP contribution in [0.25, 0.3) is 0 Å². The molecule has 0 fully saturated rings. The fourth-order valence-electron chi connectivity index (χ4n) is 4.10. The lowest BCUT2D eigenvalue weighted by atomic mass is 10.2. The van der Waals surface area contributed by atoms with E-state index in [1.165, 1.54) is 30.7 Å². The van der Waals surface area contributed by atoms with Crippen LogP contribution in [0, 0.1) is 5.92 Å². The average Bonchev–Trinajstić information content (AvgIpc) is 2.41. The lowest BCUT2D eigenvalue weighted by molar-refractivity contribution is 0.389. The largest absolute Gasteiger partial charge is 0.321 e. The van der Waals surface area contributed by atoms with Gasteiger partial charge in [0, 0.05) is 0 Å². The van der Waals surface area contributed by atoms with E-state index in [0.717, 1.165) is 5.92 Å². The van der Waals surface area contributed by atoms with Crippen molar-refractivity contribution in [1.29, 1.82) is 0 Å². The lowest BCUT2D eigenvalue weighted by Crippen LogP contribution is -2.76. The van der Waals surface area contributed by atoms with Crippen LogP contribution in [0.5, 0.6) is 0 Å². The van der Waals surface area contributed by atoms with Gasteiger partial charge in [0.2, 0.25) is 0 Å². The van der Waals surface area contributed by atoms with Gasteiger partial charge in [-0.15, -0.1) is 0 Å². The second kappa shape index (κ2) is 8.82.